The van der Waals surface area contributed by atoms with Crippen molar-refractivity contribution in [1.82, 2.24) is 0 Å². The highest BCUT2D eigenvalue weighted by molar-refractivity contribution is 6.92. The summed E-state index contributed by atoms with van der Waals surface area (Å²) in [5.74, 6) is 2.75. The minimum absolute atomic E-state index is 0.0593. The van der Waals surface area contributed by atoms with Crippen molar-refractivity contribution < 1.29 is 14.2 Å². The van der Waals surface area contributed by atoms with Crippen LogP contribution in [0.5, 0.6) is 11.5 Å². The molecule has 3 nitrogen and oxygen atoms in total. The lowest BCUT2D eigenvalue weighted by molar-refractivity contribution is 0.279. The third-order valence-corrected chi connectivity index (χ3v) is 7.85. The van der Waals surface area contributed by atoms with E-state index in [1.165, 1.54) is 27.4 Å². The molecule has 0 aliphatic heterocycles. The van der Waals surface area contributed by atoms with Crippen molar-refractivity contribution in [2.75, 3.05) is 21.3 Å². The Hall–Kier alpha value is -4.18. The van der Waals surface area contributed by atoms with E-state index in [2.05, 4.69) is 91.5 Å². The van der Waals surface area contributed by atoms with Crippen molar-refractivity contribution in [3.8, 4) is 11.5 Å². The first-order chi connectivity index (χ1) is 19.1. The minimum atomic E-state index is -0.0593. The van der Waals surface area contributed by atoms with Gasteiger partial charge in [0.15, 0.2) is 0 Å². The predicted molar refractivity (Wildman–Crippen MR) is 166 cm³/mol. The Morgan fingerprint density at radius 1 is 0.821 bits per heavy atom. The van der Waals surface area contributed by atoms with Gasteiger partial charge in [-0.2, -0.15) is 0 Å². The summed E-state index contributed by atoms with van der Waals surface area (Å²) < 4.78 is 18.2. The third-order valence-electron chi connectivity index (χ3n) is 7.85. The molecule has 0 bridgehead atoms. The van der Waals surface area contributed by atoms with E-state index in [4.69, 9.17) is 14.2 Å². The average molecular weight is 514 g/mol. The summed E-state index contributed by atoms with van der Waals surface area (Å²) in [6.45, 7) is 6.18. The van der Waals surface area contributed by atoms with Gasteiger partial charge in [-0.25, -0.2) is 0 Å². The number of rotatable bonds is 9. The van der Waals surface area contributed by atoms with E-state index in [0.717, 1.165) is 52.3 Å². The number of hydrogen-bond donors (Lipinski definition) is 0. The Labute approximate surface area is 232 Å². The van der Waals surface area contributed by atoms with Crippen LogP contribution in [0.4, 0.5) is 0 Å². The minimum Gasteiger partial charge on any atom is -0.502 e. The lowest BCUT2D eigenvalue weighted by Crippen LogP contribution is -2.38. The van der Waals surface area contributed by atoms with E-state index >= 15 is 0 Å². The molecule has 5 rings (SSSR count). The number of allylic oxidation sites excluding steroid dienone is 2. The quantitative estimate of drug-likeness (QED) is 0.216. The fraction of sp³-hybridized carbons (Fsp3) is 0.200. The van der Waals surface area contributed by atoms with Gasteiger partial charge in [0.25, 0.3) is 0 Å². The van der Waals surface area contributed by atoms with E-state index in [1.54, 1.807) is 21.3 Å². The molecule has 0 heterocycles. The number of fused-ring (bicyclic) bond motifs is 2. The average Bonchev–Trinajstić information content (AvgIpc) is 2.99. The predicted octanol–water partition coefficient (Wildman–Crippen LogP) is 7.56. The van der Waals surface area contributed by atoms with Crippen LogP contribution in [-0.2, 0) is 17.5 Å². The smallest absolute Gasteiger partial charge is 0.224 e. The van der Waals surface area contributed by atoms with Crippen LogP contribution in [0.2, 0.25) is 0 Å². The van der Waals surface area contributed by atoms with E-state index in [9.17, 15) is 0 Å². The second kappa shape index (κ2) is 11.7. The molecule has 4 aromatic carbocycles. The largest absolute Gasteiger partial charge is 0.502 e. The van der Waals surface area contributed by atoms with E-state index < -0.39 is 0 Å². The van der Waals surface area contributed by atoms with Gasteiger partial charge in [-0.1, -0.05) is 85.5 Å². The molecule has 0 atom stereocenters. The lowest BCUT2D eigenvalue weighted by atomic mass is 9.34. The Balaban J connectivity index is 1.86. The first kappa shape index (κ1) is 26.4. The molecule has 1 aliphatic rings. The van der Waals surface area contributed by atoms with E-state index in [-0.39, 0.29) is 6.71 Å². The molecule has 0 fully saturated rings. The Bertz CT molecular complexity index is 1580. The summed E-state index contributed by atoms with van der Waals surface area (Å²) in [5, 5.41) is 2.36. The molecular weight excluding hydrogens is 479 g/mol. The molecule has 0 saturated carbocycles. The Kier molecular flexibility index (Phi) is 7.93. The van der Waals surface area contributed by atoms with Crippen molar-refractivity contribution in [3.63, 3.8) is 0 Å². The molecule has 4 heteroatoms. The molecular formula is C35H35BO3. The SMILES string of the molecule is C=Cc1c(/C=C\C)ccc(OC)c1CB(C1=C(OC)CCc2ccccc21)c1c(OC)ccc2ccccc12. The standard InChI is InChI=1S/C35H35BO3/c1-6-12-24-17-20-31(37-3)30(27(24)7-2)23-36(34-28-15-10-8-13-25(28)18-21-32(34)38-4)35-29-16-11-9-14-26(29)19-22-33(35)39-5/h6-18,20-21H,2,19,22-23H2,1,3-5H3/b12-6-. The molecule has 0 aromatic heterocycles. The fourth-order valence-electron chi connectivity index (χ4n) is 6.12. The van der Waals surface area contributed by atoms with Crippen LogP contribution in [0, 0.1) is 0 Å². The molecule has 4 aromatic rings. The van der Waals surface area contributed by atoms with Crippen LogP contribution in [0.15, 0.2) is 91.2 Å². The molecule has 0 spiro atoms. The maximum atomic E-state index is 6.14. The Morgan fingerprint density at radius 3 is 2.31 bits per heavy atom. The molecule has 196 valence electrons. The van der Waals surface area contributed by atoms with Crippen molar-refractivity contribution in [2.45, 2.75) is 26.1 Å². The second-order valence-electron chi connectivity index (χ2n) is 9.81. The van der Waals surface area contributed by atoms with Crippen LogP contribution in [0.25, 0.3) is 28.4 Å². The first-order valence-corrected chi connectivity index (χ1v) is 13.5. The van der Waals surface area contributed by atoms with Crippen LogP contribution in [0.3, 0.4) is 0 Å². The summed E-state index contributed by atoms with van der Waals surface area (Å²) >= 11 is 0. The number of hydrogen-bond acceptors (Lipinski definition) is 3. The maximum absolute atomic E-state index is 6.14. The summed E-state index contributed by atoms with van der Waals surface area (Å²) in [7, 11) is 5.29. The molecule has 1 aliphatic carbocycles. The van der Waals surface area contributed by atoms with Crippen LogP contribution in [0.1, 0.15) is 41.2 Å². The molecule has 39 heavy (non-hydrogen) atoms. The molecule has 0 unspecified atom stereocenters. The van der Waals surface area contributed by atoms with Gasteiger partial charge in [-0.05, 0) is 81.3 Å². The van der Waals surface area contributed by atoms with Crippen molar-refractivity contribution in [1.29, 1.82) is 0 Å². The fourth-order valence-corrected chi connectivity index (χ4v) is 6.12. The number of benzene rings is 4. The first-order valence-electron chi connectivity index (χ1n) is 13.5. The molecule has 0 saturated heterocycles. The molecule has 0 amide bonds. The van der Waals surface area contributed by atoms with Gasteiger partial charge in [-0.15, -0.1) is 0 Å². The van der Waals surface area contributed by atoms with Crippen LogP contribution in [-0.4, -0.2) is 28.0 Å². The maximum Gasteiger partial charge on any atom is 0.224 e. The van der Waals surface area contributed by atoms with Crippen molar-refractivity contribution in [3.05, 3.63) is 119 Å². The van der Waals surface area contributed by atoms with Gasteiger partial charge in [0.1, 0.15) is 11.5 Å². The number of ether oxygens (including phenoxy) is 3. The highest BCUT2D eigenvalue weighted by atomic mass is 16.5. The van der Waals surface area contributed by atoms with E-state index in [1.807, 2.05) is 13.0 Å². The zero-order valence-electron chi connectivity index (χ0n) is 23.3. The van der Waals surface area contributed by atoms with Gasteiger partial charge in [0.05, 0.1) is 27.1 Å². The zero-order valence-corrected chi connectivity index (χ0v) is 23.3. The monoisotopic (exact) mass is 514 g/mol. The summed E-state index contributed by atoms with van der Waals surface area (Å²) in [6, 6.07) is 25.7. The molecule has 0 N–H and O–H groups in total. The summed E-state index contributed by atoms with van der Waals surface area (Å²) in [4.78, 5) is 0. The normalized spacial score (nSPS) is 12.9. The highest BCUT2D eigenvalue weighted by Crippen LogP contribution is 2.38. The highest BCUT2D eigenvalue weighted by Gasteiger charge is 2.35. The summed E-state index contributed by atoms with van der Waals surface area (Å²) in [5.41, 5.74) is 8.28. The van der Waals surface area contributed by atoms with Gasteiger partial charge in [0.2, 0.25) is 6.71 Å². The zero-order chi connectivity index (χ0) is 27.4. The van der Waals surface area contributed by atoms with Gasteiger partial charge in [-0.3, -0.25) is 0 Å². The summed E-state index contributed by atoms with van der Waals surface area (Å²) in [6.07, 6.45) is 8.65. The van der Waals surface area contributed by atoms with Crippen LogP contribution >= 0.6 is 0 Å². The Morgan fingerprint density at radius 2 is 1.56 bits per heavy atom. The topological polar surface area (TPSA) is 27.7 Å². The van der Waals surface area contributed by atoms with Gasteiger partial charge in [0, 0.05) is 6.42 Å². The van der Waals surface area contributed by atoms with Crippen LogP contribution < -0.4 is 14.9 Å². The van der Waals surface area contributed by atoms with E-state index in [0.29, 0.717) is 6.32 Å². The number of aryl methyl sites for hydroxylation is 1. The van der Waals surface area contributed by atoms with Crippen molar-refractivity contribution in [2.24, 2.45) is 0 Å². The van der Waals surface area contributed by atoms with Gasteiger partial charge >= 0.3 is 0 Å². The number of methoxy groups -OCH3 is 3. The lowest BCUT2D eigenvalue weighted by Gasteiger charge is -2.30. The van der Waals surface area contributed by atoms with Crippen molar-refractivity contribution >= 4 is 40.6 Å². The second-order valence-corrected chi connectivity index (χ2v) is 9.81. The third kappa shape index (κ3) is 4.88. The molecule has 0 radical (unpaired) electrons. The van der Waals surface area contributed by atoms with Gasteiger partial charge < -0.3 is 14.2 Å².